The van der Waals surface area contributed by atoms with E-state index in [1.807, 2.05) is 105 Å². The van der Waals surface area contributed by atoms with Crippen molar-refractivity contribution >= 4 is 93.3 Å². The summed E-state index contributed by atoms with van der Waals surface area (Å²) in [4.78, 5) is 88.7. The minimum Gasteiger partial charge on any atom is -0.497 e. The lowest BCUT2D eigenvalue weighted by atomic mass is 9.79. The zero-order chi connectivity index (χ0) is 69.7. The average molecular weight is 1380 g/mol. The number of ether oxygens (including phenoxy) is 6. The third kappa shape index (κ3) is 13.9. The largest absolute Gasteiger partial charge is 0.497 e. The minimum atomic E-state index is -1.85. The highest BCUT2D eigenvalue weighted by molar-refractivity contribution is 6.59. The van der Waals surface area contributed by atoms with Crippen LogP contribution >= 0.6 is 34.8 Å². The summed E-state index contributed by atoms with van der Waals surface area (Å²) < 4.78 is 65.4. The molecule has 2 saturated heterocycles. The van der Waals surface area contributed by atoms with Crippen LogP contribution in [0.25, 0.3) is 44.7 Å². The second-order valence-corrected chi connectivity index (χ2v) is 27.0. The fourth-order valence-corrected chi connectivity index (χ4v) is 12.5. The molecule has 0 unspecified atom stereocenters. The Balaban J connectivity index is 0.000000180. The van der Waals surface area contributed by atoms with Crippen LogP contribution in [0.1, 0.15) is 104 Å². The highest BCUT2D eigenvalue weighted by atomic mass is 35.5. The standard InChI is InChI=1S/C33H36ClFN6O5.C26H30Cl2N6O4.C7H8BFO3/c1-17(2)25-27(18(3)11-12-36-25)41-30-23-28(24(34)26(37-30)22-20(35)9-8-10-21(22)44-7)45-16-19-15-39(32(43)46-33(4,5)6)13-14-40(19)29(23)38-31(41)42;1-13(2)18-19(14(3)7-8-29-18)34-23-16-20(17(27)21(28)30-23)37-12-15-11-32(25(36)38-26(4,5)6)9-10-33(15)22(16)31-24(34)35;1-12-6-4-2-3-5(9)7(6)8(10)11/h8-12,17,19H,13-16H2,1-7H3;7-8,13,15H,9-12H2,1-6H3;2-4,10-11H,1H3/t19-;15-;/m11./s1. The van der Waals surface area contributed by atoms with Gasteiger partial charge in [0.15, 0.2) is 27.9 Å². The Morgan fingerprint density at radius 3 is 1.49 bits per heavy atom. The first kappa shape index (κ1) is 70.2. The quantitative estimate of drug-likeness (QED) is 0.106. The van der Waals surface area contributed by atoms with Crippen LogP contribution in [0.15, 0.2) is 70.5 Å². The van der Waals surface area contributed by atoms with E-state index >= 15 is 4.39 Å². The molecule has 2 N–H and O–H groups in total. The molecule has 12 rings (SSSR count). The Labute approximate surface area is 567 Å². The molecule has 8 aromatic rings. The number of pyridine rings is 4. The maximum atomic E-state index is 15.6. The number of carbonyl (C=O) groups excluding carboxylic acids is 2. The van der Waals surface area contributed by atoms with Crippen molar-refractivity contribution in [2.24, 2.45) is 0 Å². The van der Waals surface area contributed by atoms with Gasteiger partial charge in [-0.05, 0) is 115 Å². The molecule has 10 heterocycles. The summed E-state index contributed by atoms with van der Waals surface area (Å²) in [6.07, 6.45) is 2.58. The van der Waals surface area contributed by atoms with Crippen LogP contribution in [0.4, 0.5) is 30.0 Å². The molecule has 2 amide bonds. The van der Waals surface area contributed by atoms with Crippen molar-refractivity contribution in [2.45, 2.75) is 118 Å². The number of amides is 2. The molecular formula is C66H74BCl3F2N12O12. The van der Waals surface area contributed by atoms with Gasteiger partial charge in [-0.15, -0.1) is 0 Å². The number of hydrogen-bond donors (Lipinski definition) is 2. The summed E-state index contributed by atoms with van der Waals surface area (Å²) in [6.45, 7) is 25.1. The van der Waals surface area contributed by atoms with Crippen LogP contribution in [0.2, 0.25) is 15.2 Å². The number of aromatic nitrogens is 8. The molecule has 4 aliphatic heterocycles. The van der Waals surface area contributed by atoms with Gasteiger partial charge in [0.1, 0.15) is 85.7 Å². The summed E-state index contributed by atoms with van der Waals surface area (Å²) in [6, 6.07) is 11.4. The third-order valence-electron chi connectivity index (χ3n) is 16.2. The van der Waals surface area contributed by atoms with Gasteiger partial charge in [0.2, 0.25) is 0 Å². The summed E-state index contributed by atoms with van der Waals surface area (Å²) in [7, 11) is 0.917. The average Bonchev–Trinajstić information content (AvgIpc) is 1.16. The third-order valence-corrected chi connectivity index (χ3v) is 17.3. The van der Waals surface area contributed by atoms with E-state index < -0.39 is 59.6 Å². The number of methoxy groups -OCH3 is 2. The fraction of sp³-hybridized carbons (Fsp3) is 0.424. The van der Waals surface area contributed by atoms with E-state index in [9.17, 15) is 23.6 Å². The fourth-order valence-electron chi connectivity index (χ4n) is 11.9. The first-order chi connectivity index (χ1) is 45.3. The molecule has 508 valence electrons. The van der Waals surface area contributed by atoms with E-state index in [-0.39, 0.29) is 98.1 Å². The first-order valence-electron chi connectivity index (χ1n) is 31.0. The maximum absolute atomic E-state index is 15.6. The number of halogens is 5. The lowest BCUT2D eigenvalue weighted by Crippen LogP contribution is -2.57. The normalized spacial score (nSPS) is 15.9. The van der Waals surface area contributed by atoms with Gasteiger partial charge >= 0.3 is 30.7 Å². The molecule has 6 aromatic heterocycles. The van der Waals surface area contributed by atoms with E-state index in [1.54, 1.807) is 28.3 Å². The van der Waals surface area contributed by atoms with E-state index in [4.69, 9.17) is 78.3 Å². The molecule has 0 saturated carbocycles. The van der Waals surface area contributed by atoms with Crippen LogP contribution in [0, 0.1) is 25.5 Å². The lowest BCUT2D eigenvalue weighted by Gasteiger charge is -2.41. The summed E-state index contributed by atoms with van der Waals surface area (Å²) in [5.41, 5.74) is 2.09. The number of fused-ring (bicyclic) bond motifs is 4. The number of nitrogens with zero attached hydrogens (tertiary/aromatic N) is 12. The Bertz CT molecular complexity index is 4480. The predicted molar refractivity (Wildman–Crippen MR) is 362 cm³/mol. The molecule has 0 spiro atoms. The number of aryl methyl sites for hydroxylation is 2. The lowest BCUT2D eigenvalue weighted by molar-refractivity contribution is 0.0192. The van der Waals surface area contributed by atoms with Crippen molar-refractivity contribution in [1.29, 1.82) is 0 Å². The number of piperazine rings is 2. The molecule has 4 aliphatic rings. The second kappa shape index (κ2) is 27.8. The van der Waals surface area contributed by atoms with E-state index in [2.05, 4.69) is 24.9 Å². The number of carbonyl (C=O) groups is 2. The predicted octanol–water partition coefficient (Wildman–Crippen LogP) is 10.1. The zero-order valence-electron chi connectivity index (χ0n) is 55.6. The van der Waals surface area contributed by atoms with Crippen LogP contribution in [-0.2, 0) is 9.47 Å². The number of anilines is 2. The van der Waals surface area contributed by atoms with Gasteiger partial charge in [-0.25, -0.2) is 47.1 Å². The Hall–Kier alpha value is -8.63. The monoisotopic (exact) mass is 1380 g/mol. The molecule has 96 heavy (non-hydrogen) atoms. The highest BCUT2D eigenvalue weighted by Crippen LogP contribution is 2.48. The topological polar surface area (TPSA) is 264 Å². The van der Waals surface area contributed by atoms with Crippen molar-refractivity contribution in [1.82, 2.24) is 48.8 Å². The SMILES string of the molecule is COc1cccc(F)c1-c1nc2c3c(nc(=O)n2-c2c(C)ccnc2C(C)C)N2CCN(C(=O)OC(C)(C)C)C[C@@H]2COc3c1Cl.COc1cccc(F)c1B(O)O.Cc1ccnc(C(C)C)c1-n1c(=O)nc2c3c(c(Cl)c(Cl)nc31)OC[C@H]1CN(C(=O)OC(C)(C)C)CCN21. The van der Waals surface area contributed by atoms with Crippen LogP contribution < -0.4 is 45.6 Å². The Kier molecular flexibility index (Phi) is 20.4. The van der Waals surface area contributed by atoms with Crippen LogP contribution in [-0.4, -0.2) is 168 Å². The molecule has 0 radical (unpaired) electrons. The van der Waals surface area contributed by atoms with Gasteiger partial charge in [-0.3, -0.25) is 9.97 Å². The van der Waals surface area contributed by atoms with Crippen molar-refractivity contribution in [2.75, 3.05) is 76.5 Å². The van der Waals surface area contributed by atoms with Gasteiger partial charge in [-0.1, -0.05) is 74.6 Å². The van der Waals surface area contributed by atoms with Crippen molar-refractivity contribution in [3.05, 3.63) is 131 Å². The first-order valence-corrected chi connectivity index (χ1v) is 32.1. The van der Waals surface area contributed by atoms with E-state index in [0.29, 0.717) is 78.0 Å². The van der Waals surface area contributed by atoms with E-state index in [0.717, 1.165) is 22.9 Å². The highest BCUT2D eigenvalue weighted by Gasteiger charge is 2.41. The summed E-state index contributed by atoms with van der Waals surface area (Å²) >= 11 is 20.1. The van der Waals surface area contributed by atoms with Gasteiger partial charge in [0.05, 0.1) is 60.1 Å². The molecule has 0 bridgehead atoms. The van der Waals surface area contributed by atoms with Crippen molar-refractivity contribution in [3.8, 4) is 45.6 Å². The zero-order valence-corrected chi connectivity index (χ0v) is 57.8. The van der Waals surface area contributed by atoms with Crippen LogP contribution in [0.5, 0.6) is 23.0 Å². The van der Waals surface area contributed by atoms with Crippen LogP contribution in [0.3, 0.4) is 0 Å². The molecule has 2 fully saturated rings. The number of benzene rings is 2. The number of hydrogen-bond acceptors (Lipinski definition) is 20. The summed E-state index contributed by atoms with van der Waals surface area (Å²) in [5, 5.41) is 18.6. The summed E-state index contributed by atoms with van der Waals surface area (Å²) in [5.74, 6) is 0.268. The molecule has 2 atom stereocenters. The van der Waals surface area contributed by atoms with Crippen molar-refractivity contribution < 1.29 is 56.8 Å². The Morgan fingerprint density at radius 1 is 0.625 bits per heavy atom. The van der Waals surface area contributed by atoms with Crippen molar-refractivity contribution in [3.63, 3.8) is 0 Å². The van der Waals surface area contributed by atoms with Gasteiger partial charge in [0.25, 0.3) is 0 Å². The van der Waals surface area contributed by atoms with E-state index in [1.165, 1.54) is 47.6 Å². The van der Waals surface area contributed by atoms with Gasteiger partial charge < -0.3 is 58.1 Å². The van der Waals surface area contributed by atoms with Gasteiger partial charge in [-0.2, -0.15) is 9.97 Å². The molecule has 30 heteroatoms. The molecule has 0 aliphatic carbocycles. The smallest absolute Gasteiger partial charge is 0.495 e. The molecule has 2 aromatic carbocycles. The molecular weight excluding hydrogens is 1310 g/mol. The maximum Gasteiger partial charge on any atom is 0.495 e. The minimum absolute atomic E-state index is 0.0161. The Morgan fingerprint density at radius 2 is 1.06 bits per heavy atom. The molecule has 24 nitrogen and oxygen atoms in total. The second-order valence-electron chi connectivity index (χ2n) is 25.9. The number of rotatable bonds is 8. The van der Waals surface area contributed by atoms with Gasteiger partial charge in [0, 0.05) is 51.7 Å².